The van der Waals surface area contributed by atoms with Crippen molar-refractivity contribution in [2.45, 2.75) is 45.7 Å². The van der Waals surface area contributed by atoms with Gasteiger partial charge in [0.05, 0.1) is 24.7 Å². The van der Waals surface area contributed by atoms with Crippen molar-refractivity contribution in [3.8, 4) is 0 Å². The Kier molecular flexibility index (Phi) is 5.17. The molecule has 3 aromatic rings. The van der Waals surface area contributed by atoms with E-state index in [4.69, 9.17) is 16.1 Å². The second-order valence-electron chi connectivity index (χ2n) is 7.13. The molecule has 0 radical (unpaired) electrons. The van der Waals surface area contributed by atoms with Gasteiger partial charge < -0.3 is 9.42 Å². The summed E-state index contributed by atoms with van der Waals surface area (Å²) in [6.07, 6.45) is 3.68. The van der Waals surface area contributed by atoms with E-state index in [9.17, 15) is 4.79 Å². The Morgan fingerprint density at radius 2 is 2.07 bits per heavy atom. The summed E-state index contributed by atoms with van der Waals surface area (Å²) in [5, 5.41) is 9.04. The summed E-state index contributed by atoms with van der Waals surface area (Å²) in [6, 6.07) is 7.61. The summed E-state index contributed by atoms with van der Waals surface area (Å²) in [5.41, 5.74) is 2.73. The van der Waals surface area contributed by atoms with E-state index < -0.39 is 0 Å². The fourth-order valence-corrected chi connectivity index (χ4v) is 3.88. The van der Waals surface area contributed by atoms with Crippen LogP contribution in [0.3, 0.4) is 0 Å². The van der Waals surface area contributed by atoms with E-state index in [1.807, 2.05) is 47.7 Å². The van der Waals surface area contributed by atoms with Crippen molar-refractivity contribution in [2.75, 3.05) is 6.54 Å². The van der Waals surface area contributed by atoms with Gasteiger partial charge in [-0.1, -0.05) is 28.9 Å². The van der Waals surface area contributed by atoms with Crippen molar-refractivity contribution in [1.29, 1.82) is 0 Å². The minimum Gasteiger partial charge on any atom is -0.361 e. The Balaban J connectivity index is 1.53. The highest BCUT2D eigenvalue weighted by atomic mass is 35.5. The van der Waals surface area contributed by atoms with Crippen LogP contribution in [0, 0.1) is 13.8 Å². The molecule has 28 heavy (non-hydrogen) atoms. The monoisotopic (exact) mass is 399 g/mol. The van der Waals surface area contributed by atoms with E-state index in [2.05, 4.69) is 15.2 Å². The van der Waals surface area contributed by atoms with Gasteiger partial charge in [-0.15, -0.1) is 0 Å². The van der Waals surface area contributed by atoms with Crippen LogP contribution in [-0.2, 0) is 17.8 Å². The molecule has 146 valence electrons. The Morgan fingerprint density at radius 1 is 1.29 bits per heavy atom. The Hall–Kier alpha value is -2.67. The Bertz CT molecular complexity index is 959. The molecule has 0 bridgehead atoms. The maximum Gasteiger partial charge on any atom is 0.227 e. The zero-order chi connectivity index (χ0) is 19.7. The molecule has 1 atom stereocenters. The molecule has 1 fully saturated rings. The van der Waals surface area contributed by atoms with E-state index in [0.717, 1.165) is 42.0 Å². The lowest BCUT2D eigenvalue weighted by Crippen LogP contribution is -2.33. The molecule has 1 saturated heterocycles. The molecule has 1 aliphatic rings. The normalized spacial score (nSPS) is 16.7. The molecule has 1 aliphatic heterocycles. The maximum absolute atomic E-state index is 13.0. The van der Waals surface area contributed by atoms with Crippen molar-refractivity contribution in [3.63, 3.8) is 0 Å². The van der Waals surface area contributed by atoms with Crippen molar-refractivity contribution >= 4 is 17.5 Å². The van der Waals surface area contributed by atoms with Crippen LogP contribution in [0.1, 0.15) is 47.3 Å². The maximum atomic E-state index is 13.0. The first-order valence-corrected chi connectivity index (χ1v) is 9.74. The summed E-state index contributed by atoms with van der Waals surface area (Å²) in [5.74, 6) is 1.59. The predicted octanol–water partition coefficient (Wildman–Crippen LogP) is 3.49. The predicted molar refractivity (Wildman–Crippen MR) is 104 cm³/mol. The third-order valence-electron chi connectivity index (χ3n) is 5.27. The van der Waals surface area contributed by atoms with Gasteiger partial charge in [0, 0.05) is 17.1 Å². The number of hydrogen-bond acceptors (Lipinski definition) is 5. The highest BCUT2D eigenvalue weighted by Crippen LogP contribution is 2.32. The van der Waals surface area contributed by atoms with Gasteiger partial charge in [-0.3, -0.25) is 4.79 Å². The number of hydrogen-bond donors (Lipinski definition) is 0. The molecule has 1 aromatic carbocycles. The quantitative estimate of drug-likeness (QED) is 0.656. The number of rotatable bonds is 5. The van der Waals surface area contributed by atoms with Crippen LogP contribution in [0.5, 0.6) is 0 Å². The fraction of sp³-hybridized carbons (Fsp3) is 0.400. The van der Waals surface area contributed by atoms with Gasteiger partial charge in [0.1, 0.15) is 17.9 Å². The van der Waals surface area contributed by atoms with Crippen LogP contribution in [0.25, 0.3) is 0 Å². The average Bonchev–Trinajstić information content (AvgIpc) is 3.40. The first-order chi connectivity index (χ1) is 13.5. The molecule has 0 aliphatic carbocycles. The topological polar surface area (TPSA) is 77.1 Å². The summed E-state index contributed by atoms with van der Waals surface area (Å²) in [7, 11) is 0. The molecule has 1 unspecified atom stereocenters. The van der Waals surface area contributed by atoms with E-state index in [1.165, 1.54) is 0 Å². The molecular weight excluding hydrogens is 378 g/mol. The second kappa shape index (κ2) is 7.75. The van der Waals surface area contributed by atoms with Gasteiger partial charge in [-0.25, -0.2) is 9.67 Å². The van der Waals surface area contributed by atoms with Crippen LogP contribution in [0.4, 0.5) is 0 Å². The Morgan fingerprint density at radius 3 is 2.79 bits per heavy atom. The van der Waals surface area contributed by atoms with Gasteiger partial charge in [0.15, 0.2) is 0 Å². The van der Waals surface area contributed by atoms with Crippen LogP contribution in [0.15, 0.2) is 35.1 Å². The highest BCUT2D eigenvalue weighted by molar-refractivity contribution is 6.30. The number of nitrogens with zero attached hydrogens (tertiary/aromatic N) is 5. The summed E-state index contributed by atoms with van der Waals surface area (Å²) in [6.45, 7) is 5.02. The van der Waals surface area contributed by atoms with Gasteiger partial charge in [-0.2, -0.15) is 5.10 Å². The van der Waals surface area contributed by atoms with E-state index >= 15 is 0 Å². The third kappa shape index (κ3) is 3.67. The first kappa shape index (κ1) is 18.7. The first-order valence-electron chi connectivity index (χ1n) is 9.36. The lowest BCUT2D eigenvalue weighted by molar-refractivity contribution is -0.131. The minimum absolute atomic E-state index is 0.0669. The van der Waals surface area contributed by atoms with Crippen LogP contribution in [0.2, 0.25) is 5.02 Å². The number of aryl methyl sites for hydroxylation is 2. The van der Waals surface area contributed by atoms with Gasteiger partial charge >= 0.3 is 0 Å². The van der Waals surface area contributed by atoms with Crippen LogP contribution in [-0.4, -0.2) is 37.3 Å². The number of aromatic nitrogens is 4. The molecule has 0 saturated carbocycles. The number of amides is 1. The highest BCUT2D eigenvalue weighted by Gasteiger charge is 2.33. The average molecular weight is 400 g/mol. The SMILES string of the molecule is Cc1noc(C)c1CC(=O)N1CCCC1c1ncnn1Cc1ccc(Cl)cc1. The summed E-state index contributed by atoms with van der Waals surface area (Å²) < 4.78 is 7.07. The van der Waals surface area contributed by atoms with Crippen molar-refractivity contribution in [3.05, 3.63) is 64.0 Å². The van der Waals surface area contributed by atoms with Gasteiger partial charge in [0.2, 0.25) is 5.91 Å². The van der Waals surface area contributed by atoms with Crippen molar-refractivity contribution in [1.82, 2.24) is 24.8 Å². The van der Waals surface area contributed by atoms with E-state index in [1.54, 1.807) is 6.33 Å². The van der Waals surface area contributed by atoms with Crippen molar-refractivity contribution < 1.29 is 9.32 Å². The number of carbonyl (C=O) groups is 1. The summed E-state index contributed by atoms with van der Waals surface area (Å²) in [4.78, 5) is 19.4. The second-order valence-corrected chi connectivity index (χ2v) is 7.56. The van der Waals surface area contributed by atoms with Gasteiger partial charge in [0.25, 0.3) is 0 Å². The zero-order valence-corrected chi connectivity index (χ0v) is 16.7. The smallest absolute Gasteiger partial charge is 0.227 e. The molecule has 1 amide bonds. The molecular formula is C20H22ClN5O2. The molecule has 4 rings (SSSR count). The molecule has 7 nitrogen and oxygen atoms in total. The third-order valence-corrected chi connectivity index (χ3v) is 5.52. The van der Waals surface area contributed by atoms with E-state index in [0.29, 0.717) is 23.7 Å². The number of halogens is 1. The Labute approximate surface area is 168 Å². The minimum atomic E-state index is -0.0669. The summed E-state index contributed by atoms with van der Waals surface area (Å²) >= 11 is 5.97. The number of likely N-dealkylation sites (tertiary alicyclic amines) is 1. The molecule has 0 N–H and O–H groups in total. The number of benzene rings is 1. The zero-order valence-electron chi connectivity index (χ0n) is 15.9. The largest absolute Gasteiger partial charge is 0.361 e. The van der Waals surface area contributed by atoms with Crippen molar-refractivity contribution in [2.24, 2.45) is 0 Å². The van der Waals surface area contributed by atoms with Gasteiger partial charge in [-0.05, 0) is 44.4 Å². The molecule has 3 heterocycles. The number of carbonyl (C=O) groups excluding carboxylic acids is 1. The lowest BCUT2D eigenvalue weighted by atomic mass is 10.1. The lowest BCUT2D eigenvalue weighted by Gasteiger charge is -2.24. The van der Waals surface area contributed by atoms with E-state index in [-0.39, 0.29) is 11.9 Å². The molecule has 2 aromatic heterocycles. The van der Waals surface area contributed by atoms with Crippen LogP contribution >= 0.6 is 11.6 Å². The molecule has 8 heteroatoms. The molecule has 0 spiro atoms. The fourth-order valence-electron chi connectivity index (χ4n) is 3.76. The van der Waals surface area contributed by atoms with Crippen LogP contribution < -0.4 is 0 Å². The standard InChI is InChI=1S/C20H22ClN5O2/c1-13-17(14(2)28-24-13)10-19(27)25-9-3-4-18(25)20-22-12-23-26(20)11-15-5-7-16(21)8-6-15/h5-8,12,18H,3-4,9-11H2,1-2H3.